The van der Waals surface area contributed by atoms with Crippen LogP contribution in [0.1, 0.15) is 31.2 Å². The third-order valence-corrected chi connectivity index (χ3v) is 7.03. The number of methoxy groups -OCH3 is 2. The molecular weight excluding hydrogens is 406 g/mol. The zero-order valence-electron chi connectivity index (χ0n) is 18.9. The fourth-order valence-electron chi connectivity index (χ4n) is 4.44. The monoisotopic (exact) mass is 437 g/mol. The van der Waals surface area contributed by atoms with Crippen molar-refractivity contribution in [1.29, 1.82) is 0 Å². The van der Waals surface area contributed by atoms with Crippen LogP contribution in [0.2, 0.25) is 0 Å². The second kappa shape index (κ2) is 8.30. The van der Waals surface area contributed by atoms with Crippen LogP contribution in [-0.2, 0) is 0 Å². The number of benzene rings is 1. The Morgan fingerprint density at radius 3 is 2.16 bits per heavy atom. The van der Waals surface area contributed by atoms with Gasteiger partial charge in [0.1, 0.15) is 16.5 Å². The zero-order valence-corrected chi connectivity index (χ0v) is 19.7. The summed E-state index contributed by atoms with van der Waals surface area (Å²) in [7, 11) is 3.43. The molecule has 6 heteroatoms. The highest BCUT2D eigenvalue weighted by Gasteiger charge is 2.32. The molecule has 0 spiro atoms. The van der Waals surface area contributed by atoms with Gasteiger partial charge >= 0.3 is 0 Å². The van der Waals surface area contributed by atoms with E-state index in [1.54, 1.807) is 26.0 Å². The van der Waals surface area contributed by atoms with Gasteiger partial charge in [-0.05, 0) is 80.5 Å². The first-order valence-corrected chi connectivity index (χ1v) is 12.4. The number of rotatable bonds is 9. The third kappa shape index (κ3) is 3.98. The van der Waals surface area contributed by atoms with E-state index in [1.165, 1.54) is 31.4 Å². The Kier molecular flexibility index (Phi) is 5.51. The number of pyridine rings is 1. The predicted octanol–water partition coefficient (Wildman–Crippen LogP) is 5.68. The van der Waals surface area contributed by atoms with Crippen LogP contribution >= 0.6 is 11.8 Å². The molecule has 2 aliphatic rings. The van der Waals surface area contributed by atoms with Crippen molar-refractivity contribution in [2.75, 3.05) is 38.5 Å². The molecule has 0 amide bonds. The average Bonchev–Trinajstić information content (AvgIpc) is 3.71. The minimum absolute atomic E-state index is 0.805. The molecule has 2 fully saturated rings. The maximum atomic E-state index is 5.77. The van der Waals surface area contributed by atoms with Crippen molar-refractivity contribution in [1.82, 2.24) is 9.61 Å². The van der Waals surface area contributed by atoms with E-state index in [1.807, 2.05) is 0 Å². The number of hydrogen-bond donors (Lipinski definition) is 0. The molecule has 0 atom stereocenters. The second-order valence-corrected chi connectivity index (χ2v) is 9.70. The molecule has 0 unspecified atom stereocenters. The van der Waals surface area contributed by atoms with Crippen LogP contribution in [0.25, 0.3) is 16.8 Å². The Labute approximate surface area is 188 Å². The molecule has 2 saturated carbocycles. The zero-order chi connectivity index (χ0) is 21.5. The smallest absolute Gasteiger partial charge is 0.142 e. The number of fused-ring (bicyclic) bond motifs is 1. The Bertz CT molecular complexity index is 1060. The second-order valence-electron chi connectivity index (χ2n) is 8.90. The van der Waals surface area contributed by atoms with Crippen LogP contribution in [0.4, 0.5) is 5.69 Å². The maximum Gasteiger partial charge on any atom is 0.142 e. The Hall–Kier alpha value is -2.34. The largest absolute Gasteiger partial charge is 0.496 e. The lowest BCUT2D eigenvalue weighted by Gasteiger charge is -2.25. The highest BCUT2D eigenvalue weighted by molar-refractivity contribution is 7.98. The van der Waals surface area contributed by atoms with Gasteiger partial charge in [0.05, 0.1) is 36.7 Å². The van der Waals surface area contributed by atoms with E-state index in [2.05, 4.69) is 52.9 Å². The van der Waals surface area contributed by atoms with Crippen molar-refractivity contribution in [2.45, 2.75) is 37.6 Å². The summed E-state index contributed by atoms with van der Waals surface area (Å²) in [6.07, 6.45) is 7.57. The van der Waals surface area contributed by atoms with Crippen LogP contribution in [0, 0.1) is 18.8 Å². The number of thioether (sulfide) groups is 1. The van der Waals surface area contributed by atoms with Crippen LogP contribution in [0.3, 0.4) is 0 Å². The summed E-state index contributed by atoms with van der Waals surface area (Å²) < 4.78 is 13.6. The number of aromatic nitrogens is 2. The highest BCUT2D eigenvalue weighted by atomic mass is 32.2. The molecule has 31 heavy (non-hydrogen) atoms. The normalized spacial score (nSPS) is 16.0. The van der Waals surface area contributed by atoms with Crippen molar-refractivity contribution < 1.29 is 9.47 Å². The number of anilines is 1. The summed E-state index contributed by atoms with van der Waals surface area (Å²) in [6, 6.07) is 10.6. The number of hydrogen-bond acceptors (Lipinski definition) is 5. The first kappa shape index (κ1) is 20.6. The van der Waals surface area contributed by atoms with Gasteiger partial charge in [-0.1, -0.05) is 6.07 Å². The van der Waals surface area contributed by atoms with E-state index >= 15 is 0 Å². The van der Waals surface area contributed by atoms with E-state index < -0.39 is 0 Å². The lowest BCUT2D eigenvalue weighted by molar-refractivity contribution is 0.396. The Morgan fingerprint density at radius 2 is 1.65 bits per heavy atom. The van der Waals surface area contributed by atoms with E-state index in [-0.39, 0.29) is 0 Å². The summed E-state index contributed by atoms with van der Waals surface area (Å²) in [5.74, 6) is 3.28. The van der Waals surface area contributed by atoms with E-state index in [0.29, 0.717) is 0 Å². The van der Waals surface area contributed by atoms with E-state index in [9.17, 15) is 0 Å². The Balaban J connectivity index is 1.69. The van der Waals surface area contributed by atoms with Crippen molar-refractivity contribution in [3.05, 3.63) is 35.9 Å². The molecule has 0 bridgehead atoms. The molecule has 2 aliphatic carbocycles. The molecule has 0 N–H and O–H groups in total. The molecule has 2 aromatic heterocycles. The SMILES string of the molecule is COc1cc(C)cc(OC)c1-c1cccc2c(N(CC3CC3)CC3CC3)c(SC)nn12. The van der Waals surface area contributed by atoms with Gasteiger partial charge in [0.15, 0.2) is 0 Å². The summed E-state index contributed by atoms with van der Waals surface area (Å²) in [5, 5.41) is 6.18. The standard InChI is InChI=1S/C25H31N3O2S/c1-16-12-21(29-2)23(22(13-16)30-3)19-6-5-7-20-24(25(31-4)26-28(19)20)27(14-17-8-9-17)15-18-10-11-18/h5-7,12-13,17-18H,8-11,14-15H2,1-4H3. The van der Waals surface area contributed by atoms with Crippen LogP contribution in [0.15, 0.2) is 35.4 Å². The topological polar surface area (TPSA) is 39.0 Å². The fraction of sp³-hybridized carbons (Fsp3) is 0.480. The molecule has 3 aromatic rings. The molecule has 5 rings (SSSR count). The summed E-state index contributed by atoms with van der Waals surface area (Å²) in [5.41, 5.74) is 5.49. The summed E-state index contributed by atoms with van der Waals surface area (Å²) in [6.45, 7) is 4.35. The molecule has 5 nitrogen and oxygen atoms in total. The molecule has 2 heterocycles. The van der Waals surface area contributed by atoms with Gasteiger partial charge in [-0.3, -0.25) is 0 Å². The number of nitrogens with zero attached hydrogens (tertiary/aromatic N) is 3. The average molecular weight is 438 g/mol. The van der Waals surface area contributed by atoms with E-state index in [4.69, 9.17) is 14.6 Å². The molecule has 164 valence electrons. The van der Waals surface area contributed by atoms with Crippen molar-refractivity contribution in [3.63, 3.8) is 0 Å². The van der Waals surface area contributed by atoms with Gasteiger partial charge in [-0.15, -0.1) is 11.8 Å². The van der Waals surface area contributed by atoms with E-state index in [0.717, 1.165) is 63.8 Å². The summed E-state index contributed by atoms with van der Waals surface area (Å²) >= 11 is 1.73. The molecule has 0 radical (unpaired) electrons. The first-order valence-electron chi connectivity index (χ1n) is 11.2. The van der Waals surface area contributed by atoms with Gasteiger partial charge in [0.25, 0.3) is 0 Å². The lowest BCUT2D eigenvalue weighted by atomic mass is 10.1. The van der Waals surface area contributed by atoms with Crippen molar-refractivity contribution in [2.24, 2.45) is 11.8 Å². The molecule has 0 saturated heterocycles. The lowest BCUT2D eigenvalue weighted by Crippen LogP contribution is -2.28. The van der Waals surface area contributed by atoms with Crippen molar-refractivity contribution >= 4 is 23.0 Å². The maximum absolute atomic E-state index is 5.77. The summed E-state index contributed by atoms with van der Waals surface area (Å²) in [4.78, 5) is 2.62. The van der Waals surface area contributed by atoms with Crippen LogP contribution < -0.4 is 14.4 Å². The molecular formula is C25H31N3O2S. The quantitative estimate of drug-likeness (QED) is 0.403. The van der Waals surface area contributed by atoms with Crippen LogP contribution in [-0.4, -0.2) is 43.2 Å². The number of ether oxygens (including phenoxy) is 2. The Morgan fingerprint density at radius 1 is 1.03 bits per heavy atom. The molecule has 1 aromatic carbocycles. The van der Waals surface area contributed by atoms with Crippen molar-refractivity contribution in [3.8, 4) is 22.8 Å². The predicted molar refractivity (Wildman–Crippen MR) is 128 cm³/mol. The highest BCUT2D eigenvalue weighted by Crippen LogP contribution is 2.44. The van der Waals surface area contributed by atoms with Gasteiger partial charge < -0.3 is 14.4 Å². The van der Waals surface area contributed by atoms with Gasteiger partial charge in [-0.2, -0.15) is 5.10 Å². The van der Waals surface area contributed by atoms with Gasteiger partial charge in [-0.25, -0.2) is 4.52 Å². The minimum atomic E-state index is 0.805. The first-order chi connectivity index (χ1) is 15.1. The minimum Gasteiger partial charge on any atom is -0.496 e. The van der Waals surface area contributed by atoms with Crippen LogP contribution in [0.5, 0.6) is 11.5 Å². The third-order valence-electron chi connectivity index (χ3n) is 6.37. The van der Waals surface area contributed by atoms with Gasteiger partial charge in [0.2, 0.25) is 0 Å². The number of aryl methyl sites for hydroxylation is 1. The molecule has 0 aliphatic heterocycles. The fourth-order valence-corrected chi connectivity index (χ4v) is 5.03. The van der Waals surface area contributed by atoms with Gasteiger partial charge in [0, 0.05) is 13.1 Å².